The summed E-state index contributed by atoms with van der Waals surface area (Å²) in [7, 11) is -0.200. The van der Waals surface area contributed by atoms with Crippen LogP contribution in [0, 0.1) is 10.1 Å². The van der Waals surface area contributed by atoms with Gasteiger partial charge in [0.05, 0.1) is 17.6 Å². The lowest BCUT2D eigenvalue weighted by Gasteiger charge is -2.10. The van der Waals surface area contributed by atoms with Crippen molar-refractivity contribution in [2.24, 2.45) is 4.40 Å². The highest BCUT2D eigenvalue weighted by atomic mass is 32.2. The Kier molecular flexibility index (Phi) is 6.64. The highest BCUT2D eigenvalue weighted by Gasteiger charge is 2.30. The molecular formula is C15H15N5O6S2. The summed E-state index contributed by atoms with van der Waals surface area (Å²) in [6.07, 6.45) is 3.84. The van der Waals surface area contributed by atoms with E-state index in [0.29, 0.717) is 11.8 Å². The number of hydrogen-bond acceptors (Lipinski definition) is 9. The number of sulfonamides is 1. The highest BCUT2D eigenvalue weighted by molar-refractivity contribution is 8.00. The van der Waals surface area contributed by atoms with E-state index in [-0.39, 0.29) is 15.6 Å². The maximum Gasteiger partial charge on any atom is 0.338 e. The van der Waals surface area contributed by atoms with E-state index < -0.39 is 31.5 Å². The van der Waals surface area contributed by atoms with E-state index >= 15 is 0 Å². The molecule has 13 heteroatoms. The van der Waals surface area contributed by atoms with E-state index in [0.717, 1.165) is 25.6 Å². The Hall–Kier alpha value is -3.06. The first-order valence-electron chi connectivity index (χ1n) is 7.48. The molecule has 11 nitrogen and oxygen atoms in total. The van der Waals surface area contributed by atoms with Gasteiger partial charge in [-0.1, -0.05) is 0 Å². The number of nitro benzene ring substituents is 1. The van der Waals surface area contributed by atoms with Crippen molar-refractivity contribution < 1.29 is 22.9 Å². The first-order valence-corrected chi connectivity index (χ1v) is 9.74. The summed E-state index contributed by atoms with van der Waals surface area (Å²) in [6.45, 7) is 0. The Bertz CT molecular complexity index is 1020. The Morgan fingerprint density at radius 2 is 1.96 bits per heavy atom. The summed E-state index contributed by atoms with van der Waals surface area (Å²) >= 11 is 0.676. The third-order valence-electron chi connectivity index (χ3n) is 3.08. The second-order valence-electron chi connectivity index (χ2n) is 5.36. The largest absolute Gasteiger partial charge is 0.465 e. The summed E-state index contributed by atoms with van der Waals surface area (Å²) in [5.74, 6) is -0.927. The zero-order valence-electron chi connectivity index (χ0n) is 15.0. The lowest BCUT2D eigenvalue weighted by molar-refractivity contribution is -0.388. The molecule has 0 spiro atoms. The van der Waals surface area contributed by atoms with Crippen LogP contribution in [-0.2, 0) is 14.8 Å². The van der Waals surface area contributed by atoms with Crippen LogP contribution in [0.1, 0.15) is 10.4 Å². The van der Waals surface area contributed by atoms with Gasteiger partial charge >= 0.3 is 5.97 Å². The van der Waals surface area contributed by atoms with Gasteiger partial charge in [0.15, 0.2) is 5.16 Å². The van der Waals surface area contributed by atoms with E-state index in [9.17, 15) is 23.3 Å². The molecule has 0 N–H and O–H groups in total. The van der Waals surface area contributed by atoms with Gasteiger partial charge in [0.2, 0.25) is 0 Å². The number of ether oxygens (including phenoxy) is 1. The number of hydrogen-bond donors (Lipinski definition) is 0. The number of carbonyl (C=O) groups excluding carboxylic acids is 1. The molecule has 0 saturated heterocycles. The average Bonchev–Trinajstić information content (AvgIpc) is 2.66. The van der Waals surface area contributed by atoms with Crippen molar-refractivity contribution in [1.82, 2.24) is 14.9 Å². The van der Waals surface area contributed by atoms with E-state index in [1.165, 1.54) is 23.4 Å². The zero-order chi connectivity index (χ0) is 20.9. The van der Waals surface area contributed by atoms with Crippen molar-refractivity contribution >= 4 is 39.8 Å². The lowest BCUT2D eigenvalue weighted by atomic mass is 10.2. The predicted molar refractivity (Wildman–Crippen MR) is 100.0 cm³/mol. The molecule has 1 aromatic carbocycles. The molecule has 0 aliphatic rings. The second kappa shape index (κ2) is 8.75. The molecule has 1 heterocycles. The van der Waals surface area contributed by atoms with Crippen molar-refractivity contribution in [2.45, 2.75) is 14.9 Å². The Morgan fingerprint density at radius 1 is 1.32 bits per heavy atom. The molecule has 0 amide bonds. The topological polar surface area (TPSA) is 145 Å². The van der Waals surface area contributed by atoms with E-state index in [4.69, 9.17) is 0 Å². The number of rotatable bonds is 7. The minimum atomic E-state index is -4.39. The van der Waals surface area contributed by atoms with Crippen LogP contribution in [-0.4, -0.2) is 61.7 Å². The first kappa shape index (κ1) is 21.2. The normalized spacial score (nSPS) is 11.4. The molecule has 2 aromatic rings. The quantitative estimate of drug-likeness (QED) is 0.160. The van der Waals surface area contributed by atoms with Crippen LogP contribution in [0.4, 0.5) is 5.69 Å². The van der Waals surface area contributed by atoms with Crippen LogP contribution < -0.4 is 0 Å². The summed E-state index contributed by atoms with van der Waals surface area (Å²) in [6, 6.07) is 3.45. The van der Waals surface area contributed by atoms with Crippen LogP contribution in [0.25, 0.3) is 0 Å². The van der Waals surface area contributed by atoms with Crippen LogP contribution in [0.5, 0.6) is 0 Å². The molecule has 28 heavy (non-hydrogen) atoms. The van der Waals surface area contributed by atoms with Crippen molar-refractivity contribution in [2.75, 3.05) is 21.2 Å². The first-order chi connectivity index (χ1) is 13.2. The molecule has 0 radical (unpaired) electrons. The van der Waals surface area contributed by atoms with Gasteiger partial charge in [-0.2, -0.15) is 8.42 Å². The van der Waals surface area contributed by atoms with Crippen molar-refractivity contribution in [3.63, 3.8) is 0 Å². The van der Waals surface area contributed by atoms with Gasteiger partial charge in [-0.3, -0.25) is 10.1 Å². The molecule has 148 valence electrons. The van der Waals surface area contributed by atoms with Gasteiger partial charge in [0, 0.05) is 32.6 Å². The molecule has 1 aromatic heterocycles. The fraction of sp³-hybridized carbons (Fsp3) is 0.200. The monoisotopic (exact) mass is 425 g/mol. The molecule has 0 aliphatic heterocycles. The SMILES string of the molecule is COC(=O)c1cc([N+](=O)[O-])c(Sc2ncccn2)c(S(=O)(=O)/N=C/N(C)C)c1. The Labute approximate surface area is 164 Å². The van der Waals surface area contributed by atoms with Crippen molar-refractivity contribution in [3.05, 3.63) is 46.3 Å². The van der Waals surface area contributed by atoms with Gasteiger partial charge < -0.3 is 9.64 Å². The molecule has 0 bridgehead atoms. The van der Waals surface area contributed by atoms with Gasteiger partial charge in [-0.15, -0.1) is 4.40 Å². The number of aromatic nitrogens is 2. The summed E-state index contributed by atoms with van der Waals surface area (Å²) in [4.78, 5) is 31.1. The zero-order valence-corrected chi connectivity index (χ0v) is 16.6. The van der Waals surface area contributed by atoms with Crippen molar-refractivity contribution in [1.29, 1.82) is 0 Å². The minimum absolute atomic E-state index is 0.0875. The third kappa shape index (κ3) is 5.01. The number of benzene rings is 1. The van der Waals surface area contributed by atoms with E-state index in [1.54, 1.807) is 14.1 Å². The maximum atomic E-state index is 12.7. The predicted octanol–water partition coefficient (Wildman–Crippen LogP) is 1.60. The minimum Gasteiger partial charge on any atom is -0.465 e. The standard InChI is InChI=1S/C15H15N5O6S2/c1-19(2)9-18-28(24,25)12-8-10(14(21)26-3)7-11(20(22)23)13(12)27-15-16-5-4-6-17-15/h4-9H,1-3H3/b18-9+. The third-order valence-corrected chi connectivity index (χ3v) is 5.49. The van der Waals surface area contributed by atoms with Crippen LogP contribution >= 0.6 is 11.8 Å². The van der Waals surface area contributed by atoms with Gasteiger partial charge in [-0.05, 0) is 23.9 Å². The van der Waals surface area contributed by atoms with Crippen LogP contribution in [0.2, 0.25) is 0 Å². The summed E-state index contributed by atoms with van der Waals surface area (Å²) < 4.78 is 33.5. The average molecular weight is 425 g/mol. The van der Waals surface area contributed by atoms with Gasteiger partial charge in [0.1, 0.15) is 16.1 Å². The number of methoxy groups -OCH3 is 1. The molecule has 0 saturated carbocycles. The fourth-order valence-corrected chi connectivity index (χ4v) is 4.18. The second-order valence-corrected chi connectivity index (χ2v) is 7.94. The molecule has 0 unspecified atom stereocenters. The van der Waals surface area contributed by atoms with Gasteiger partial charge in [-0.25, -0.2) is 14.8 Å². The Balaban J connectivity index is 2.78. The number of esters is 1. The van der Waals surface area contributed by atoms with Crippen molar-refractivity contribution in [3.8, 4) is 0 Å². The maximum absolute atomic E-state index is 12.7. The van der Waals surface area contributed by atoms with Gasteiger partial charge in [0.25, 0.3) is 15.7 Å². The molecule has 0 fully saturated rings. The smallest absolute Gasteiger partial charge is 0.338 e. The van der Waals surface area contributed by atoms with Crippen LogP contribution in [0.15, 0.2) is 49.9 Å². The number of carbonyl (C=O) groups is 1. The summed E-state index contributed by atoms with van der Waals surface area (Å²) in [5, 5.41) is 11.7. The molecule has 0 aliphatic carbocycles. The van der Waals surface area contributed by atoms with E-state index in [2.05, 4.69) is 19.1 Å². The number of nitro groups is 1. The molecule has 0 atom stereocenters. The Morgan fingerprint density at radius 3 is 2.50 bits per heavy atom. The van der Waals surface area contributed by atoms with E-state index in [1.807, 2.05) is 0 Å². The fourth-order valence-electron chi connectivity index (χ4n) is 1.90. The molecular weight excluding hydrogens is 410 g/mol. The molecule has 2 rings (SSSR count). The highest BCUT2D eigenvalue weighted by Crippen LogP contribution is 2.39. The van der Waals surface area contributed by atoms with Crippen LogP contribution in [0.3, 0.4) is 0 Å². The number of nitrogens with zero attached hydrogens (tertiary/aromatic N) is 5. The lowest BCUT2D eigenvalue weighted by Crippen LogP contribution is -2.12. The summed E-state index contributed by atoms with van der Waals surface area (Å²) in [5.41, 5.74) is -0.912.